The van der Waals surface area contributed by atoms with Crippen molar-refractivity contribution in [3.05, 3.63) is 12.2 Å². The highest BCUT2D eigenvalue weighted by Gasteiger charge is 2.22. The van der Waals surface area contributed by atoms with Crippen LogP contribution in [-0.2, 0) is 19.1 Å². The molecule has 6 heteroatoms. The molecule has 0 fully saturated rings. The fourth-order valence-corrected chi connectivity index (χ4v) is 1.14. The lowest BCUT2D eigenvalue weighted by molar-refractivity contribution is -0.137. The molecule has 0 aromatic rings. The van der Waals surface area contributed by atoms with E-state index in [9.17, 15) is 14.4 Å². The smallest absolute Gasteiger partial charge is 0.253 e. The van der Waals surface area contributed by atoms with Crippen molar-refractivity contribution in [1.82, 2.24) is 10.2 Å². The third kappa shape index (κ3) is 3.17. The van der Waals surface area contributed by atoms with E-state index < -0.39 is 0 Å². The van der Waals surface area contributed by atoms with Crippen LogP contribution in [0.1, 0.15) is 0 Å². The first-order valence-electron chi connectivity index (χ1n) is 4.44. The average Bonchev–Trinajstić information content (AvgIpc) is 2.49. The van der Waals surface area contributed by atoms with Gasteiger partial charge in [-0.15, -0.1) is 0 Å². The van der Waals surface area contributed by atoms with E-state index in [-0.39, 0.29) is 37.4 Å². The predicted octanol–water partition coefficient (Wildman–Crippen LogP) is -1.33. The number of hydrogen-bond donors (Lipinski definition) is 1. The van der Waals surface area contributed by atoms with Crippen LogP contribution in [0.4, 0.5) is 0 Å². The number of hydrogen-bond acceptors (Lipinski definition) is 4. The standard InChI is InChI=1S/C9H12N2O4/c1-15-6-7(12)10-4-5-11-8(13)2-3-9(11)14/h2-3H,4-6H2,1H3,(H,10,12). The minimum absolute atomic E-state index is 0.0276. The lowest BCUT2D eigenvalue weighted by Gasteiger charge is -2.13. The monoisotopic (exact) mass is 212 g/mol. The first-order valence-corrected chi connectivity index (χ1v) is 4.44. The fraction of sp³-hybridized carbons (Fsp3) is 0.444. The Morgan fingerprint density at radius 2 is 2.00 bits per heavy atom. The molecule has 0 aliphatic carbocycles. The van der Waals surface area contributed by atoms with Crippen LogP contribution in [0.5, 0.6) is 0 Å². The van der Waals surface area contributed by atoms with Gasteiger partial charge >= 0.3 is 0 Å². The minimum Gasteiger partial charge on any atom is -0.375 e. The first-order chi connectivity index (χ1) is 7.15. The zero-order valence-corrected chi connectivity index (χ0v) is 8.36. The second kappa shape index (κ2) is 5.26. The maximum atomic E-state index is 11.1. The van der Waals surface area contributed by atoms with Gasteiger partial charge in [0.15, 0.2) is 0 Å². The van der Waals surface area contributed by atoms with Gasteiger partial charge in [0.05, 0.1) is 0 Å². The summed E-state index contributed by atoms with van der Waals surface area (Å²) in [5.41, 5.74) is 0. The molecule has 0 spiro atoms. The normalized spacial score (nSPS) is 14.9. The minimum atomic E-state index is -0.346. The van der Waals surface area contributed by atoms with E-state index in [1.165, 1.54) is 19.3 Å². The SMILES string of the molecule is COCC(=O)NCCN1C(=O)C=CC1=O. The number of ether oxygens (including phenoxy) is 1. The van der Waals surface area contributed by atoms with Crippen LogP contribution in [0.2, 0.25) is 0 Å². The van der Waals surface area contributed by atoms with Gasteiger partial charge in [-0.2, -0.15) is 0 Å². The second-order valence-electron chi connectivity index (χ2n) is 2.94. The Bertz CT molecular complexity index is 293. The maximum Gasteiger partial charge on any atom is 0.253 e. The van der Waals surface area contributed by atoms with Gasteiger partial charge in [-0.05, 0) is 0 Å². The van der Waals surface area contributed by atoms with E-state index in [1.807, 2.05) is 0 Å². The molecule has 0 bridgehead atoms. The summed E-state index contributed by atoms with van der Waals surface area (Å²) < 4.78 is 4.60. The molecule has 6 nitrogen and oxygen atoms in total. The zero-order chi connectivity index (χ0) is 11.3. The second-order valence-corrected chi connectivity index (χ2v) is 2.94. The molecule has 0 saturated carbocycles. The number of rotatable bonds is 5. The number of carbonyl (C=O) groups is 3. The van der Waals surface area contributed by atoms with Gasteiger partial charge in [-0.25, -0.2) is 0 Å². The highest BCUT2D eigenvalue weighted by molar-refractivity contribution is 6.12. The summed E-state index contributed by atoms with van der Waals surface area (Å²) in [5, 5.41) is 2.51. The summed E-state index contributed by atoms with van der Waals surface area (Å²) in [6.45, 7) is 0.390. The van der Waals surface area contributed by atoms with Crippen molar-refractivity contribution in [1.29, 1.82) is 0 Å². The lowest BCUT2D eigenvalue weighted by Crippen LogP contribution is -2.39. The molecule has 0 aromatic carbocycles. The number of nitrogens with one attached hydrogen (secondary N) is 1. The van der Waals surface area contributed by atoms with E-state index in [4.69, 9.17) is 0 Å². The van der Waals surface area contributed by atoms with Crippen molar-refractivity contribution >= 4 is 17.7 Å². The van der Waals surface area contributed by atoms with Crippen LogP contribution in [0.15, 0.2) is 12.2 Å². The summed E-state index contributed by atoms with van der Waals surface area (Å²) in [6, 6.07) is 0. The predicted molar refractivity (Wildman–Crippen MR) is 50.7 cm³/mol. The van der Waals surface area contributed by atoms with Crippen LogP contribution < -0.4 is 5.32 Å². The Labute approximate surface area is 86.9 Å². The molecule has 0 radical (unpaired) electrons. The summed E-state index contributed by atoms with van der Waals surface area (Å²) in [6.07, 6.45) is 2.42. The zero-order valence-electron chi connectivity index (χ0n) is 8.36. The maximum absolute atomic E-state index is 11.1. The Hall–Kier alpha value is -1.69. The van der Waals surface area contributed by atoms with Gasteiger partial charge in [0.2, 0.25) is 5.91 Å². The van der Waals surface area contributed by atoms with Crippen molar-refractivity contribution in [3.63, 3.8) is 0 Å². The highest BCUT2D eigenvalue weighted by atomic mass is 16.5. The lowest BCUT2D eigenvalue weighted by atomic mass is 10.5. The van der Waals surface area contributed by atoms with Gasteiger partial charge in [0, 0.05) is 32.4 Å². The Balaban J connectivity index is 2.23. The Morgan fingerprint density at radius 1 is 1.40 bits per heavy atom. The molecule has 82 valence electrons. The molecule has 15 heavy (non-hydrogen) atoms. The van der Waals surface area contributed by atoms with Crippen molar-refractivity contribution in [2.45, 2.75) is 0 Å². The van der Waals surface area contributed by atoms with Crippen LogP contribution in [0, 0.1) is 0 Å². The molecule has 1 aliphatic heterocycles. The molecular formula is C9H12N2O4. The molecule has 0 atom stereocenters. The summed E-state index contributed by atoms with van der Waals surface area (Å²) in [7, 11) is 1.41. The van der Waals surface area contributed by atoms with E-state index in [2.05, 4.69) is 10.1 Å². The van der Waals surface area contributed by atoms with E-state index in [0.29, 0.717) is 0 Å². The summed E-state index contributed by atoms with van der Waals surface area (Å²) in [4.78, 5) is 34.1. The summed E-state index contributed by atoms with van der Waals surface area (Å²) in [5.74, 6) is -0.966. The number of imide groups is 1. The van der Waals surface area contributed by atoms with Crippen molar-refractivity contribution in [2.24, 2.45) is 0 Å². The van der Waals surface area contributed by atoms with Gasteiger partial charge in [-0.1, -0.05) is 0 Å². The third-order valence-electron chi connectivity index (χ3n) is 1.83. The average molecular weight is 212 g/mol. The third-order valence-corrected chi connectivity index (χ3v) is 1.83. The number of carbonyl (C=O) groups excluding carboxylic acids is 3. The topological polar surface area (TPSA) is 75.7 Å². The largest absolute Gasteiger partial charge is 0.375 e. The Morgan fingerprint density at radius 3 is 2.53 bits per heavy atom. The molecule has 3 amide bonds. The van der Waals surface area contributed by atoms with Gasteiger partial charge < -0.3 is 10.1 Å². The van der Waals surface area contributed by atoms with Gasteiger partial charge in [0.25, 0.3) is 11.8 Å². The quantitative estimate of drug-likeness (QED) is 0.573. The van der Waals surface area contributed by atoms with Crippen molar-refractivity contribution in [2.75, 3.05) is 26.8 Å². The molecule has 1 N–H and O–H groups in total. The molecule has 0 unspecified atom stereocenters. The van der Waals surface area contributed by atoms with E-state index in [1.54, 1.807) is 0 Å². The summed E-state index contributed by atoms with van der Waals surface area (Å²) >= 11 is 0. The molecule has 0 aromatic heterocycles. The van der Waals surface area contributed by atoms with Crippen LogP contribution in [0.3, 0.4) is 0 Å². The van der Waals surface area contributed by atoms with Crippen molar-refractivity contribution < 1.29 is 19.1 Å². The van der Waals surface area contributed by atoms with Crippen LogP contribution in [0.25, 0.3) is 0 Å². The Kier molecular flexibility index (Phi) is 3.99. The molecular weight excluding hydrogens is 200 g/mol. The van der Waals surface area contributed by atoms with Gasteiger partial charge in [0.1, 0.15) is 6.61 Å². The number of nitrogens with zero attached hydrogens (tertiary/aromatic N) is 1. The fourth-order valence-electron chi connectivity index (χ4n) is 1.14. The van der Waals surface area contributed by atoms with Gasteiger partial charge in [-0.3, -0.25) is 19.3 Å². The molecule has 1 heterocycles. The van der Waals surface area contributed by atoms with E-state index in [0.717, 1.165) is 4.90 Å². The highest BCUT2D eigenvalue weighted by Crippen LogP contribution is 2.01. The van der Waals surface area contributed by atoms with Crippen LogP contribution in [-0.4, -0.2) is 49.4 Å². The van der Waals surface area contributed by atoms with E-state index >= 15 is 0 Å². The number of methoxy groups -OCH3 is 1. The first kappa shape index (κ1) is 11.4. The number of amides is 3. The molecule has 1 aliphatic rings. The molecule has 0 saturated heterocycles. The van der Waals surface area contributed by atoms with Crippen molar-refractivity contribution in [3.8, 4) is 0 Å². The van der Waals surface area contributed by atoms with Crippen LogP contribution >= 0.6 is 0 Å². The molecule has 1 rings (SSSR count).